The smallest absolute Gasteiger partial charge is 0.340 e. The molecule has 4 rings (SSSR count). The zero-order chi connectivity index (χ0) is 23.0. The van der Waals surface area contributed by atoms with Crippen LogP contribution in [-0.2, 0) is 11.3 Å². The predicted molar refractivity (Wildman–Crippen MR) is 116 cm³/mol. The molecule has 4 aromatic heterocycles. The average molecular weight is 435 g/mol. The summed E-state index contributed by atoms with van der Waals surface area (Å²) in [6.45, 7) is 9.46. The van der Waals surface area contributed by atoms with Crippen molar-refractivity contribution in [3.05, 3.63) is 82.0 Å². The first-order valence-corrected chi connectivity index (χ1v) is 10.3. The molecular weight excluding hydrogens is 410 g/mol. The average Bonchev–Trinajstić information content (AvgIpc) is 3.52. The molecule has 0 aliphatic heterocycles. The molecule has 0 fully saturated rings. The van der Waals surface area contributed by atoms with Crippen LogP contribution in [0, 0.1) is 34.6 Å². The van der Waals surface area contributed by atoms with Gasteiger partial charge in [0.05, 0.1) is 18.4 Å². The standard InChI is InChI=1S/C24H25N3O5/c1-14-9-21(17(4)26(14)12-19-7-6-8-30-19)24(29)31-13-22(28)20-10-15(2)27(18(20)5)23-11-16(3)32-25-23/h6-11H,12-13H2,1-5H3. The van der Waals surface area contributed by atoms with Crippen LogP contribution in [0.5, 0.6) is 0 Å². The van der Waals surface area contributed by atoms with E-state index in [2.05, 4.69) is 5.16 Å². The molecule has 8 heteroatoms. The summed E-state index contributed by atoms with van der Waals surface area (Å²) in [7, 11) is 0. The normalized spacial score (nSPS) is 11.2. The van der Waals surface area contributed by atoms with E-state index in [0.29, 0.717) is 34.9 Å². The third kappa shape index (κ3) is 3.91. The van der Waals surface area contributed by atoms with Gasteiger partial charge in [0, 0.05) is 34.4 Å². The molecule has 4 heterocycles. The van der Waals surface area contributed by atoms with Crippen molar-refractivity contribution >= 4 is 11.8 Å². The SMILES string of the molecule is Cc1cc(-n2c(C)cc(C(=O)COC(=O)c3cc(C)n(Cc4ccco4)c3C)c2C)no1. The highest BCUT2D eigenvalue weighted by Crippen LogP contribution is 2.22. The first-order valence-electron chi connectivity index (χ1n) is 10.3. The van der Waals surface area contributed by atoms with Crippen molar-refractivity contribution in [2.24, 2.45) is 0 Å². The van der Waals surface area contributed by atoms with Gasteiger partial charge in [-0.1, -0.05) is 5.16 Å². The Morgan fingerprint density at radius 3 is 2.41 bits per heavy atom. The van der Waals surface area contributed by atoms with E-state index in [0.717, 1.165) is 22.8 Å². The summed E-state index contributed by atoms with van der Waals surface area (Å²) in [6, 6.07) is 9.04. The molecule has 0 N–H and O–H groups in total. The van der Waals surface area contributed by atoms with Crippen molar-refractivity contribution in [1.82, 2.24) is 14.3 Å². The summed E-state index contributed by atoms with van der Waals surface area (Å²) >= 11 is 0. The number of hydrogen-bond donors (Lipinski definition) is 0. The Kier molecular flexibility index (Phi) is 5.61. The van der Waals surface area contributed by atoms with E-state index in [1.54, 1.807) is 24.5 Å². The van der Waals surface area contributed by atoms with Crippen LogP contribution in [0.25, 0.3) is 5.82 Å². The highest BCUT2D eigenvalue weighted by molar-refractivity contribution is 6.00. The van der Waals surface area contributed by atoms with E-state index in [-0.39, 0.29) is 12.4 Å². The van der Waals surface area contributed by atoms with E-state index < -0.39 is 5.97 Å². The lowest BCUT2D eigenvalue weighted by atomic mass is 10.1. The van der Waals surface area contributed by atoms with Crippen LogP contribution in [0.3, 0.4) is 0 Å². The molecular formula is C24H25N3O5. The number of carbonyl (C=O) groups is 2. The number of rotatable bonds is 7. The third-order valence-electron chi connectivity index (χ3n) is 5.60. The lowest BCUT2D eigenvalue weighted by molar-refractivity contribution is 0.0473. The summed E-state index contributed by atoms with van der Waals surface area (Å²) in [5.74, 6) is 1.27. The molecule has 8 nitrogen and oxygen atoms in total. The van der Waals surface area contributed by atoms with E-state index in [4.69, 9.17) is 13.7 Å². The summed E-state index contributed by atoms with van der Waals surface area (Å²) < 4.78 is 19.7. The second-order valence-electron chi connectivity index (χ2n) is 7.87. The van der Waals surface area contributed by atoms with Gasteiger partial charge < -0.3 is 18.2 Å². The van der Waals surface area contributed by atoms with Crippen molar-refractivity contribution in [1.29, 1.82) is 0 Å². The molecule has 166 valence electrons. The fourth-order valence-corrected chi connectivity index (χ4v) is 3.95. The molecule has 0 atom stereocenters. The van der Waals surface area contributed by atoms with Gasteiger partial charge in [-0.2, -0.15) is 0 Å². The van der Waals surface area contributed by atoms with E-state index in [1.165, 1.54) is 0 Å². The van der Waals surface area contributed by atoms with E-state index in [9.17, 15) is 9.59 Å². The molecule has 32 heavy (non-hydrogen) atoms. The van der Waals surface area contributed by atoms with Crippen LogP contribution in [0.4, 0.5) is 0 Å². The molecule has 0 amide bonds. The largest absolute Gasteiger partial charge is 0.467 e. The Labute approximate surface area is 185 Å². The monoisotopic (exact) mass is 435 g/mol. The number of furan rings is 1. The van der Waals surface area contributed by atoms with Gasteiger partial charge in [-0.25, -0.2) is 4.79 Å². The third-order valence-corrected chi connectivity index (χ3v) is 5.60. The van der Waals surface area contributed by atoms with Crippen LogP contribution in [-0.4, -0.2) is 32.7 Å². The summed E-state index contributed by atoms with van der Waals surface area (Å²) in [6.07, 6.45) is 1.62. The molecule has 0 unspecified atom stereocenters. The van der Waals surface area contributed by atoms with E-state index >= 15 is 0 Å². The number of aromatic nitrogens is 3. The Morgan fingerprint density at radius 1 is 1.00 bits per heavy atom. The van der Waals surface area contributed by atoms with Crippen LogP contribution in [0.15, 0.2) is 45.5 Å². The minimum atomic E-state index is -0.530. The molecule has 0 bridgehead atoms. The summed E-state index contributed by atoms with van der Waals surface area (Å²) in [5, 5.41) is 4.02. The van der Waals surface area contributed by atoms with Gasteiger partial charge in [-0.05, 0) is 58.9 Å². The van der Waals surface area contributed by atoms with Gasteiger partial charge in [0.25, 0.3) is 0 Å². The van der Waals surface area contributed by atoms with Crippen LogP contribution >= 0.6 is 0 Å². The number of ketones is 1. The number of esters is 1. The summed E-state index contributed by atoms with van der Waals surface area (Å²) in [4.78, 5) is 25.5. The maximum atomic E-state index is 12.8. The van der Waals surface area contributed by atoms with Crippen LogP contribution in [0.2, 0.25) is 0 Å². The second kappa shape index (κ2) is 8.37. The first kappa shape index (κ1) is 21.4. The van der Waals surface area contributed by atoms with Gasteiger partial charge >= 0.3 is 5.97 Å². The van der Waals surface area contributed by atoms with Gasteiger partial charge in [0.2, 0.25) is 5.78 Å². The quantitative estimate of drug-likeness (QED) is 0.314. The highest BCUT2D eigenvalue weighted by Gasteiger charge is 2.22. The lowest BCUT2D eigenvalue weighted by Crippen LogP contribution is -2.15. The molecule has 0 aromatic carbocycles. The first-order chi connectivity index (χ1) is 15.3. The Bertz CT molecular complexity index is 1290. The van der Waals surface area contributed by atoms with Crippen molar-refractivity contribution in [3.63, 3.8) is 0 Å². The van der Waals surface area contributed by atoms with Gasteiger partial charge in [0.15, 0.2) is 12.4 Å². The molecule has 4 aromatic rings. The zero-order valence-electron chi connectivity index (χ0n) is 18.8. The van der Waals surface area contributed by atoms with Crippen molar-refractivity contribution < 1.29 is 23.3 Å². The lowest BCUT2D eigenvalue weighted by Gasteiger charge is -2.08. The molecule has 0 spiro atoms. The van der Waals surface area contributed by atoms with E-state index in [1.807, 2.05) is 55.9 Å². The van der Waals surface area contributed by atoms with Crippen LogP contribution in [0.1, 0.15) is 55.0 Å². The van der Waals surface area contributed by atoms with Gasteiger partial charge in [-0.15, -0.1) is 0 Å². The molecule has 0 aliphatic carbocycles. The van der Waals surface area contributed by atoms with Crippen molar-refractivity contribution in [2.75, 3.05) is 6.61 Å². The number of hydrogen-bond acceptors (Lipinski definition) is 6. The maximum Gasteiger partial charge on any atom is 0.340 e. The van der Waals surface area contributed by atoms with Crippen LogP contribution < -0.4 is 0 Å². The minimum Gasteiger partial charge on any atom is -0.467 e. The number of Topliss-reactive ketones (excluding diaryl/α,β-unsaturated/α-hetero) is 1. The Balaban J connectivity index is 1.48. The van der Waals surface area contributed by atoms with Gasteiger partial charge in [0.1, 0.15) is 11.5 Å². The highest BCUT2D eigenvalue weighted by atomic mass is 16.5. The fraction of sp³-hybridized carbons (Fsp3) is 0.292. The minimum absolute atomic E-state index is 0.276. The number of aryl methyl sites for hydroxylation is 3. The molecule has 0 saturated carbocycles. The van der Waals surface area contributed by atoms with Crippen molar-refractivity contribution in [3.8, 4) is 5.82 Å². The molecule has 0 saturated heterocycles. The zero-order valence-corrected chi connectivity index (χ0v) is 18.8. The Hall–Kier alpha value is -3.81. The second-order valence-corrected chi connectivity index (χ2v) is 7.87. The predicted octanol–water partition coefficient (Wildman–Crippen LogP) is 4.49. The fourth-order valence-electron chi connectivity index (χ4n) is 3.95. The Morgan fingerprint density at radius 2 is 1.75 bits per heavy atom. The van der Waals surface area contributed by atoms with Gasteiger partial charge in [-0.3, -0.25) is 9.36 Å². The number of ether oxygens (including phenoxy) is 1. The number of carbonyl (C=O) groups excluding carboxylic acids is 2. The van der Waals surface area contributed by atoms with Crippen molar-refractivity contribution in [2.45, 2.75) is 41.2 Å². The summed E-state index contributed by atoms with van der Waals surface area (Å²) in [5.41, 5.74) is 4.14. The maximum absolute atomic E-state index is 12.8. The topological polar surface area (TPSA) is 92.4 Å². The molecule has 0 aliphatic rings. The number of nitrogens with zero attached hydrogens (tertiary/aromatic N) is 3. The molecule has 0 radical (unpaired) electrons.